The van der Waals surface area contributed by atoms with Crippen LogP contribution in [-0.2, 0) is 4.74 Å². The minimum Gasteiger partial charge on any atom is -0.465 e. The monoisotopic (exact) mass is 247 g/mol. The van der Waals surface area contributed by atoms with Gasteiger partial charge in [-0.3, -0.25) is 4.79 Å². The third-order valence-electron chi connectivity index (χ3n) is 3.29. The van der Waals surface area contributed by atoms with Gasteiger partial charge in [-0.05, 0) is 37.5 Å². The van der Waals surface area contributed by atoms with Gasteiger partial charge in [-0.25, -0.2) is 4.79 Å². The SMILES string of the molecule is COC(=O)c1ccc(N2CCCCC2)cc1C=O. The van der Waals surface area contributed by atoms with E-state index in [1.807, 2.05) is 6.07 Å². The maximum atomic E-state index is 11.5. The molecule has 1 fully saturated rings. The first kappa shape index (κ1) is 12.6. The van der Waals surface area contributed by atoms with E-state index in [2.05, 4.69) is 9.64 Å². The Hall–Kier alpha value is -1.84. The zero-order valence-corrected chi connectivity index (χ0v) is 10.5. The third-order valence-corrected chi connectivity index (χ3v) is 3.29. The number of rotatable bonds is 3. The van der Waals surface area contributed by atoms with Gasteiger partial charge in [0, 0.05) is 24.3 Å². The van der Waals surface area contributed by atoms with Crippen molar-refractivity contribution in [1.29, 1.82) is 0 Å². The molecular formula is C14H17NO3. The van der Waals surface area contributed by atoms with Crippen molar-refractivity contribution in [3.63, 3.8) is 0 Å². The number of hydrogen-bond donors (Lipinski definition) is 0. The summed E-state index contributed by atoms with van der Waals surface area (Å²) in [4.78, 5) is 24.8. The van der Waals surface area contributed by atoms with Gasteiger partial charge in [-0.2, -0.15) is 0 Å². The van der Waals surface area contributed by atoms with Gasteiger partial charge < -0.3 is 9.64 Å². The van der Waals surface area contributed by atoms with Crippen LogP contribution < -0.4 is 4.90 Å². The average molecular weight is 247 g/mol. The molecular weight excluding hydrogens is 230 g/mol. The second-order valence-electron chi connectivity index (χ2n) is 4.43. The molecule has 0 amide bonds. The van der Waals surface area contributed by atoms with Gasteiger partial charge in [-0.15, -0.1) is 0 Å². The Morgan fingerprint density at radius 2 is 2.00 bits per heavy atom. The molecule has 0 bridgehead atoms. The van der Waals surface area contributed by atoms with Crippen LogP contribution in [-0.4, -0.2) is 32.5 Å². The lowest BCUT2D eigenvalue weighted by molar-refractivity contribution is 0.0598. The molecule has 0 saturated carbocycles. The van der Waals surface area contributed by atoms with Crippen molar-refractivity contribution >= 4 is 17.9 Å². The summed E-state index contributed by atoms with van der Waals surface area (Å²) in [6, 6.07) is 5.31. The molecule has 1 aliphatic heterocycles. The number of hydrogen-bond acceptors (Lipinski definition) is 4. The Bertz CT molecular complexity index is 450. The van der Waals surface area contributed by atoms with Gasteiger partial charge in [0.05, 0.1) is 12.7 Å². The molecule has 0 radical (unpaired) electrons. The Morgan fingerprint density at radius 1 is 1.28 bits per heavy atom. The number of piperidine rings is 1. The summed E-state index contributed by atoms with van der Waals surface area (Å²) >= 11 is 0. The molecule has 1 aliphatic rings. The number of ether oxygens (including phenoxy) is 1. The first-order valence-corrected chi connectivity index (χ1v) is 6.18. The van der Waals surface area contributed by atoms with Gasteiger partial charge in [0.25, 0.3) is 0 Å². The summed E-state index contributed by atoms with van der Waals surface area (Å²) in [6.07, 6.45) is 4.32. The summed E-state index contributed by atoms with van der Waals surface area (Å²) < 4.78 is 4.65. The highest BCUT2D eigenvalue weighted by molar-refractivity contribution is 5.99. The van der Waals surface area contributed by atoms with Gasteiger partial charge >= 0.3 is 5.97 Å². The molecule has 0 spiro atoms. The van der Waals surface area contributed by atoms with E-state index in [9.17, 15) is 9.59 Å². The van der Waals surface area contributed by atoms with E-state index in [1.165, 1.54) is 26.4 Å². The smallest absolute Gasteiger partial charge is 0.338 e. The quantitative estimate of drug-likeness (QED) is 0.607. The number of aldehydes is 1. The molecule has 1 aromatic carbocycles. The van der Waals surface area contributed by atoms with Crippen LogP contribution in [0.25, 0.3) is 0 Å². The van der Waals surface area contributed by atoms with E-state index in [4.69, 9.17) is 0 Å². The third kappa shape index (κ3) is 2.53. The number of anilines is 1. The average Bonchev–Trinajstić information content (AvgIpc) is 2.46. The van der Waals surface area contributed by atoms with Crippen LogP contribution in [0.15, 0.2) is 18.2 Å². The molecule has 18 heavy (non-hydrogen) atoms. The van der Waals surface area contributed by atoms with Crippen molar-refractivity contribution in [2.45, 2.75) is 19.3 Å². The number of benzene rings is 1. The largest absolute Gasteiger partial charge is 0.465 e. The number of nitrogens with zero attached hydrogens (tertiary/aromatic N) is 1. The molecule has 0 aliphatic carbocycles. The minimum atomic E-state index is -0.470. The molecule has 0 unspecified atom stereocenters. The fourth-order valence-corrected chi connectivity index (χ4v) is 2.29. The fourth-order valence-electron chi connectivity index (χ4n) is 2.29. The summed E-state index contributed by atoms with van der Waals surface area (Å²) in [5.41, 5.74) is 1.72. The molecule has 0 aromatic heterocycles. The van der Waals surface area contributed by atoms with Crippen LogP contribution in [0.2, 0.25) is 0 Å². The standard InChI is InChI=1S/C14H17NO3/c1-18-14(17)13-6-5-12(9-11(13)10-16)15-7-3-2-4-8-15/h5-6,9-10H,2-4,7-8H2,1H3. The lowest BCUT2D eigenvalue weighted by Crippen LogP contribution is -2.29. The van der Waals surface area contributed by atoms with Crippen molar-refractivity contribution in [1.82, 2.24) is 0 Å². The maximum absolute atomic E-state index is 11.5. The van der Waals surface area contributed by atoms with Crippen molar-refractivity contribution in [3.8, 4) is 0 Å². The van der Waals surface area contributed by atoms with E-state index >= 15 is 0 Å². The van der Waals surface area contributed by atoms with E-state index in [0.717, 1.165) is 18.8 Å². The highest BCUT2D eigenvalue weighted by atomic mass is 16.5. The van der Waals surface area contributed by atoms with Crippen LogP contribution in [0.4, 0.5) is 5.69 Å². The molecule has 4 nitrogen and oxygen atoms in total. The number of methoxy groups -OCH3 is 1. The molecule has 2 rings (SSSR count). The van der Waals surface area contributed by atoms with Crippen LogP contribution in [0.1, 0.15) is 40.0 Å². The maximum Gasteiger partial charge on any atom is 0.338 e. The van der Waals surface area contributed by atoms with Crippen molar-refractivity contribution < 1.29 is 14.3 Å². The summed E-state index contributed by atoms with van der Waals surface area (Å²) in [6.45, 7) is 2.02. The summed E-state index contributed by atoms with van der Waals surface area (Å²) in [7, 11) is 1.31. The zero-order chi connectivity index (χ0) is 13.0. The van der Waals surface area contributed by atoms with E-state index in [1.54, 1.807) is 12.1 Å². The van der Waals surface area contributed by atoms with Gasteiger partial charge in [-0.1, -0.05) is 0 Å². The molecule has 0 N–H and O–H groups in total. The normalized spacial score (nSPS) is 15.3. The molecule has 1 heterocycles. The Labute approximate surface area is 107 Å². The molecule has 0 atom stereocenters. The number of carbonyl (C=O) groups excluding carboxylic acids is 2. The van der Waals surface area contributed by atoms with Crippen molar-refractivity contribution in [2.75, 3.05) is 25.1 Å². The topological polar surface area (TPSA) is 46.6 Å². The van der Waals surface area contributed by atoms with Crippen LogP contribution >= 0.6 is 0 Å². The predicted molar refractivity (Wildman–Crippen MR) is 69.2 cm³/mol. The highest BCUT2D eigenvalue weighted by Gasteiger charge is 2.15. The van der Waals surface area contributed by atoms with E-state index < -0.39 is 5.97 Å². The highest BCUT2D eigenvalue weighted by Crippen LogP contribution is 2.22. The number of esters is 1. The molecule has 1 aromatic rings. The first-order valence-electron chi connectivity index (χ1n) is 6.18. The Morgan fingerprint density at radius 3 is 2.61 bits per heavy atom. The van der Waals surface area contributed by atoms with Crippen LogP contribution in [0.5, 0.6) is 0 Å². The van der Waals surface area contributed by atoms with Crippen LogP contribution in [0, 0.1) is 0 Å². The molecule has 4 heteroatoms. The second kappa shape index (κ2) is 5.67. The molecule has 96 valence electrons. The molecule has 1 saturated heterocycles. The predicted octanol–water partition coefficient (Wildman–Crippen LogP) is 2.28. The fraction of sp³-hybridized carbons (Fsp3) is 0.429. The van der Waals surface area contributed by atoms with Gasteiger partial charge in [0.2, 0.25) is 0 Å². The van der Waals surface area contributed by atoms with Gasteiger partial charge in [0.15, 0.2) is 6.29 Å². The zero-order valence-electron chi connectivity index (χ0n) is 10.5. The number of carbonyl (C=O) groups is 2. The first-order chi connectivity index (χ1) is 8.76. The lowest BCUT2D eigenvalue weighted by Gasteiger charge is -2.29. The summed E-state index contributed by atoms with van der Waals surface area (Å²) in [5, 5.41) is 0. The Kier molecular flexibility index (Phi) is 3.97. The Balaban J connectivity index is 2.28. The van der Waals surface area contributed by atoms with Crippen molar-refractivity contribution in [3.05, 3.63) is 29.3 Å². The lowest BCUT2D eigenvalue weighted by atomic mass is 10.1. The van der Waals surface area contributed by atoms with E-state index in [0.29, 0.717) is 17.4 Å². The van der Waals surface area contributed by atoms with Gasteiger partial charge in [0.1, 0.15) is 0 Å². The van der Waals surface area contributed by atoms with Crippen LogP contribution in [0.3, 0.4) is 0 Å². The van der Waals surface area contributed by atoms with E-state index in [-0.39, 0.29) is 0 Å². The summed E-state index contributed by atoms with van der Waals surface area (Å²) in [5.74, 6) is -0.470. The van der Waals surface area contributed by atoms with Crippen molar-refractivity contribution in [2.24, 2.45) is 0 Å². The second-order valence-corrected chi connectivity index (χ2v) is 4.43. The minimum absolute atomic E-state index is 0.327.